The number of hydrogen-bond donors (Lipinski definition) is 1. The molecule has 0 aliphatic rings. The number of halogens is 10. The zero-order valence-corrected chi connectivity index (χ0v) is 21.0. The standard InChI is InChI=1S/C18H10F10N2O7S3/c19-15(20,16(21,22)23)17(24,25)40(36,37)11-4-5-13(12(7-11)30(32)33)39(34,35)8-14(31)29-9-2-1-3-10(6-9)38-18(26,27)28/h1-7H,8H2,(H,29,31). The third-order valence-corrected chi connectivity index (χ3v) is 8.69. The van der Waals surface area contributed by atoms with E-state index in [0.29, 0.717) is 0 Å². The van der Waals surface area contributed by atoms with Crippen LogP contribution in [0.2, 0.25) is 0 Å². The van der Waals surface area contributed by atoms with Crippen LogP contribution in [0.15, 0.2) is 57.2 Å². The second-order valence-electron chi connectivity index (χ2n) is 7.36. The Labute approximate surface area is 220 Å². The monoisotopic (exact) mass is 652 g/mol. The highest BCUT2D eigenvalue weighted by Crippen LogP contribution is 2.51. The molecule has 0 aliphatic carbocycles. The van der Waals surface area contributed by atoms with Crippen LogP contribution in [0.4, 0.5) is 55.3 Å². The van der Waals surface area contributed by atoms with E-state index in [0.717, 1.165) is 24.3 Å². The first-order valence-corrected chi connectivity index (χ1v) is 13.5. The smallest absolute Gasteiger partial charge is 0.325 e. The van der Waals surface area contributed by atoms with Gasteiger partial charge in [-0.1, -0.05) is 6.07 Å². The molecule has 0 atom stereocenters. The third kappa shape index (κ3) is 6.77. The fourth-order valence-corrected chi connectivity index (χ4v) is 5.93. The zero-order chi connectivity index (χ0) is 31.1. The number of thioether (sulfide) groups is 1. The normalized spacial score (nSPS) is 13.7. The number of nitrogens with zero attached hydrogens (tertiary/aromatic N) is 1. The molecule has 2 aromatic carbocycles. The maximum atomic E-state index is 13.9. The van der Waals surface area contributed by atoms with Crippen molar-refractivity contribution in [3.8, 4) is 0 Å². The first-order chi connectivity index (χ1) is 17.8. The summed E-state index contributed by atoms with van der Waals surface area (Å²) in [5.41, 5.74) is -6.97. The summed E-state index contributed by atoms with van der Waals surface area (Å²) < 4.78 is 178. The second kappa shape index (κ2) is 10.7. The summed E-state index contributed by atoms with van der Waals surface area (Å²) >= 11 is -0.591. The minimum Gasteiger partial charge on any atom is -0.325 e. The second-order valence-corrected chi connectivity index (χ2v) is 12.4. The molecular formula is C18H10F10N2O7S3. The van der Waals surface area contributed by atoms with Crippen molar-refractivity contribution in [3.05, 3.63) is 52.6 Å². The van der Waals surface area contributed by atoms with Crippen molar-refractivity contribution in [2.45, 2.75) is 37.5 Å². The van der Waals surface area contributed by atoms with Gasteiger partial charge in [0.25, 0.3) is 15.5 Å². The van der Waals surface area contributed by atoms with Crippen LogP contribution in [0.25, 0.3) is 0 Å². The number of rotatable bonds is 9. The van der Waals surface area contributed by atoms with Crippen molar-refractivity contribution < 1.29 is 70.5 Å². The molecule has 0 saturated heterocycles. The Morgan fingerprint density at radius 2 is 1.48 bits per heavy atom. The predicted octanol–water partition coefficient (Wildman–Crippen LogP) is 5.18. The summed E-state index contributed by atoms with van der Waals surface area (Å²) in [6, 6.07) is 3.00. The number of nitrogens with one attached hydrogen (secondary N) is 1. The first kappa shape index (κ1) is 33.1. The summed E-state index contributed by atoms with van der Waals surface area (Å²) in [4.78, 5) is 17.6. The SMILES string of the molecule is O=C(CS(=O)(=O)c1ccc(S(=O)(=O)C(F)(F)C(F)(F)C(F)(F)F)cc1[N+](=O)[O-])Nc1cccc(SC(F)(F)F)c1. The van der Waals surface area contributed by atoms with E-state index in [-0.39, 0.29) is 17.8 Å². The average molecular weight is 652 g/mol. The average Bonchev–Trinajstić information content (AvgIpc) is 2.76. The number of sulfone groups is 2. The lowest BCUT2D eigenvalue weighted by atomic mass is 10.3. The molecule has 2 aromatic rings. The summed E-state index contributed by atoms with van der Waals surface area (Å²) in [5.74, 6) is -10.4. The molecule has 0 radical (unpaired) electrons. The molecule has 2 rings (SSSR count). The summed E-state index contributed by atoms with van der Waals surface area (Å²) in [5, 5.41) is 6.30. The van der Waals surface area contributed by atoms with E-state index in [1.54, 1.807) is 0 Å². The highest BCUT2D eigenvalue weighted by Gasteiger charge is 2.78. The number of anilines is 1. The molecule has 222 valence electrons. The van der Waals surface area contributed by atoms with Crippen LogP contribution in [0.1, 0.15) is 0 Å². The lowest BCUT2D eigenvalue weighted by Gasteiger charge is -2.27. The fourth-order valence-electron chi connectivity index (χ4n) is 2.77. The van der Waals surface area contributed by atoms with Gasteiger partial charge < -0.3 is 5.32 Å². The maximum absolute atomic E-state index is 13.9. The van der Waals surface area contributed by atoms with Crippen LogP contribution >= 0.6 is 11.8 Å². The minimum absolute atomic E-state index is 0.0873. The van der Waals surface area contributed by atoms with Crippen LogP contribution in [0.3, 0.4) is 0 Å². The van der Waals surface area contributed by atoms with Crippen molar-refractivity contribution in [2.75, 3.05) is 11.1 Å². The minimum atomic E-state index is -7.17. The van der Waals surface area contributed by atoms with E-state index in [4.69, 9.17) is 0 Å². The number of hydrogen-bond acceptors (Lipinski definition) is 8. The molecule has 0 aliphatic heterocycles. The Morgan fingerprint density at radius 3 is 1.98 bits per heavy atom. The van der Waals surface area contributed by atoms with E-state index in [1.807, 2.05) is 5.32 Å². The molecule has 0 saturated carbocycles. The van der Waals surface area contributed by atoms with E-state index >= 15 is 0 Å². The first-order valence-electron chi connectivity index (χ1n) is 9.57. The van der Waals surface area contributed by atoms with Crippen molar-refractivity contribution in [1.29, 1.82) is 0 Å². The zero-order valence-electron chi connectivity index (χ0n) is 18.6. The summed E-state index contributed by atoms with van der Waals surface area (Å²) in [7, 11) is -12.2. The molecule has 40 heavy (non-hydrogen) atoms. The number of alkyl halides is 10. The Hall–Kier alpha value is -3.14. The van der Waals surface area contributed by atoms with Gasteiger partial charge in [0.05, 0.1) is 9.82 Å². The molecule has 0 aromatic heterocycles. The fraction of sp³-hybridized carbons (Fsp3) is 0.278. The van der Waals surface area contributed by atoms with Gasteiger partial charge in [-0.05, 0) is 42.1 Å². The van der Waals surface area contributed by atoms with Gasteiger partial charge in [-0.15, -0.1) is 0 Å². The molecule has 1 amide bonds. The predicted molar refractivity (Wildman–Crippen MR) is 115 cm³/mol. The van der Waals surface area contributed by atoms with Crippen molar-refractivity contribution in [1.82, 2.24) is 0 Å². The number of nitro benzene ring substituents is 1. The van der Waals surface area contributed by atoms with Crippen molar-refractivity contribution in [2.24, 2.45) is 0 Å². The summed E-state index contributed by atoms with van der Waals surface area (Å²) in [6.07, 6.45) is -7.09. The van der Waals surface area contributed by atoms with Gasteiger partial charge in [0.1, 0.15) is 10.6 Å². The van der Waals surface area contributed by atoms with Crippen molar-refractivity contribution >= 4 is 48.7 Å². The molecule has 0 bridgehead atoms. The van der Waals surface area contributed by atoms with Gasteiger partial charge in [0.15, 0.2) is 9.84 Å². The van der Waals surface area contributed by atoms with Crippen LogP contribution < -0.4 is 5.32 Å². The van der Waals surface area contributed by atoms with Gasteiger partial charge in [-0.25, -0.2) is 16.8 Å². The van der Waals surface area contributed by atoms with Crippen LogP contribution in [0, 0.1) is 10.1 Å². The molecular weight excluding hydrogens is 642 g/mol. The number of carbonyl (C=O) groups excluding carboxylic acids is 1. The maximum Gasteiger partial charge on any atom is 0.461 e. The van der Waals surface area contributed by atoms with Gasteiger partial charge >= 0.3 is 22.9 Å². The van der Waals surface area contributed by atoms with Gasteiger partial charge in [-0.3, -0.25) is 14.9 Å². The Bertz CT molecular complexity index is 1540. The van der Waals surface area contributed by atoms with Crippen molar-refractivity contribution in [3.63, 3.8) is 0 Å². The topological polar surface area (TPSA) is 141 Å². The van der Waals surface area contributed by atoms with E-state index in [9.17, 15) is 75.6 Å². The summed E-state index contributed by atoms with van der Waals surface area (Å²) in [6.45, 7) is 0. The number of carbonyl (C=O) groups is 1. The Kier molecular flexibility index (Phi) is 8.83. The molecule has 0 spiro atoms. The van der Waals surface area contributed by atoms with Crippen LogP contribution in [0.5, 0.6) is 0 Å². The van der Waals surface area contributed by atoms with Gasteiger partial charge in [-0.2, -0.15) is 43.9 Å². The van der Waals surface area contributed by atoms with E-state index < -0.39 is 97.3 Å². The Morgan fingerprint density at radius 1 is 0.900 bits per heavy atom. The van der Waals surface area contributed by atoms with Gasteiger partial charge in [0.2, 0.25) is 5.91 Å². The van der Waals surface area contributed by atoms with Gasteiger partial charge in [0, 0.05) is 16.6 Å². The molecule has 1 N–H and O–H groups in total. The molecule has 0 unspecified atom stereocenters. The van der Waals surface area contributed by atoms with E-state index in [2.05, 4.69) is 0 Å². The molecule has 22 heteroatoms. The quantitative estimate of drug-likeness (QED) is 0.169. The molecule has 9 nitrogen and oxygen atoms in total. The lowest BCUT2D eigenvalue weighted by molar-refractivity contribution is -0.388. The molecule has 0 heterocycles. The van der Waals surface area contributed by atoms with Crippen LogP contribution in [-0.4, -0.2) is 56.3 Å². The highest BCUT2D eigenvalue weighted by atomic mass is 32.2. The third-order valence-electron chi connectivity index (χ3n) is 4.50. The Balaban J connectivity index is 2.44. The highest BCUT2D eigenvalue weighted by molar-refractivity contribution is 8.00. The number of amides is 1. The molecule has 0 fully saturated rings. The largest absolute Gasteiger partial charge is 0.461 e. The lowest BCUT2D eigenvalue weighted by Crippen LogP contribution is -2.55. The van der Waals surface area contributed by atoms with Crippen LogP contribution in [-0.2, 0) is 24.5 Å². The number of nitro groups is 1. The number of benzene rings is 2. The van der Waals surface area contributed by atoms with E-state index in [1.165, 1.54) is 0 Å².